The summed E-state index contributed by atoms with van der Waals surface area (Å²) < 4.78 is 4.54. The summed E-state index contributed by atoms with van der Waals surface area (Å²) in [4.78, 5) is 10.3. The molecule has 0 bridgehead atoms. The van der Waals surface area contributed by atoms with Gasteiger partial charge in [0.1, 0.15) is 0 Å². The van der Waals surface area contributed by atoms with Crippen LogP contribution in [-0.4, -0.2) is 18.3 Å². The molecule has 0 aromatic heterocycles. The van der Waals surface area contributed by atoms with E-state index in [4.69, 9.17) is 0 Å². The highest BCUT2D eigenvalue weighted by Gasteiger charge is 1.93. The molecule has 0 aliphatic rings. The van der Waals surface area contributed by atoms with Crippen LogP contribution in [0.25, 0.3) is 0 Å². The molecule has 50 valence electrons. The highest BCUT2D eigenvalue weighted by molar-refractivity contribution is 7.81. The van der Waals surface area contributed by atoms with Crippen LogP contribution < -0.4 is 0 Å². The number of esters is 1. The molecular weight excluding hydrogens is 136 g/mol. The Morgan fingerprint density at radius 3 is 2.89 bits per heavy atom. The zero-order chi connectivity index (χ0) is 7.11. The third kappa shape index (κ3) is 5.25. The summed E-state index contributed by atoms with van der Waals surface area (Å²) in [5.41, 5.74) is 0. The Bertz CT molecular complexity index is 143. The lowest BCUT2D eigenvalue weighted by Crippen LogP contribution is -2.05. The number of ether oxygens (including phenoxy) is 1. The average molecular weight is 144 g/mol. The maximum atomic E-state index is 10.3. The first kappa shape index (κ1) is 8.38. The highest BCUT2D eigenvalue weighted by Crippen LogP contribution is 1.79. The molecule has 3 heteroatoms. The van der Waals surface area contributed by atoms with E-state index in [0.717, 1.165) is 0 Å². The van der Waals surface area contributed by atoms with Crippen molar-refractivity contribution in [1.29, 1.82) is 0 Å². The molecule has 0 saturated heterocycles. The van der Waals surface area contributed by atoms with Gasteiger partial charge in [-0.1, -0.05) is 5.92 Å². The molecule has 0 aromatic rings. The lowest BCUT2D eigenvalue weighted by molar-refractivity contribution is -0.138. The van der Waals surface area contributed by atoms with Crippen molar-refractivity contribution in [3.63, 3.8) is 0 Å². The topological polar surface area (TPSA) is 26.3 Å². The minimum atomic E-state index is -0.332. The number of hydrogen-bond donors (Lipinski definition) is 1. The van der Waals surface area contributed by atoms with Gasteiger partial charge in [0.05, 0.1) is 5.75 Å². The largest absolute Gasteiger partial charge is 0.452 e. The number of carbonyl (C=O) groups is 1. The minimum Gasteiger partial charge on any atom is -0.452 e. The van der Waals surface area contributed by atoms with E-state index in [-0.39, 0.29) is 18.3 Å². The Balaban J connectivity index is 3.24. The first-order valence-electron chi connectivity index (χ1n) is 2.47. The fraction of sp³-hybridized carbons (Fsp3) is 0.500. The zero-order valence-corrected chi connectivity index (χ0v) is 6.07. The molecule has 0 unspecified atom stereocenters. The van der Waals surface area contributed by atoms with Gasteiger partial charge in [0.25, 0.3) is 0 Å². The van der Waals surface area contributed by atoms with Crippen molar-refractivity contribution in [2.24, 2.45) is 0 Å². The molecule has 0 aliphatic heterocycles. The molecule has 0 rings (SSSR count). The van der Waals surface area contributed by atoms with Crippen LogP contribution in [0.15, 0.2) is 0 Å². The Hall–Kier alpha value is -0.620. The summed E-state index contributed by atoms with van der Waals surface area (Å²) >= 11 is 3.69. The summed E-state index contributed by atoms with van der Waals surface area (Å²) in [7, 11) is 0. The van der Waals surface area contributed by atoms with Crippen molar-refractivity contribution in [1.82, 2.24) is 0 Å². The summed E-state index contributed by atoms with van der Waals surface area (Å²) in [5, 5.41) is 0. The molecule has 0 N–H and O–H groups in total. The molecule has 0 fully saturated rings. The molecule has 2 nitrogen and oxygen atoms in total. The van der Waals surface area contributed by atoms with Crippen molar-refractivity contribution in [2.45, 2.75) is 6.92 Å². The number of hydrogen-bond acceptors (Lipinski definition) is 3. The normalized spacial score (nSPS) is 7.33. The molecule has 0 aromatic carbocycles. The van der Waals surface area contributed by atoms with Crippen LogP contribution in [0.2, 0.25) is 0 Å². The molecule has 0 spiro atoms. The van der Waals surface area contributed by atoms with E-state index in [1.165, 1.54) is 0 Å². The second-order valence-electron chi connectivity index (χ2n) is 1.25. The quantitative estimate of drug-likeness (QED) is 0.346. The van der Waals surface area contributed by atoms with Gasteiger partial charge in [-0.05, 0) is 6.92 Å². The van der Waals surface area contributed by atoms with E-state index in [9.17, 15) is 4.79 Å². The molecule has 0 aliphatic carbocycles. The first-order valence-corrected chi connectivity index (χ1v) is 3.10. The third-order valence-electron chi connectivity index (χ3n) is 0.611. The van der Waals surface area contributed by atoms with Crippen LogP contribution in [0.5, 0.6) is 0 Å². The van der Waals surface area contributed by atoms with Crippen molar-refractivity contribution < 1.29 is 9.53 Å². The fourth-order valence-corrected chi connectivity index (χ4v) is 0.326. The van der Waals surface area contributed by atoms with Crippen molar-refractivity contribution in [2.75, 3.05) is 12.4 Å². The van der Waals surface area contributed by atoms with Gasteiger partial charge in [-0.2, -0.15) is 12.6 Å². The van der Waals surface area contributed by atoms with Gasteiger partial charge in [0.15, 0.2) is 6.61 Å². The van der Waals surface area contributed by atoms with Gasteiger partial charge in [-0.15, -0.1) is 5.92 Å². The Morgan fingerprint density at radius 2 is 2.44 bits per heavy atom. The molecular formula is C6H8O2S. The summed E-state index contributed by atoms with van der Waals surface area (Å²) in [5.74, 6) is 4.97. The molecule has 0 atom stereocenters. The predicted octanol–water partition coefficient (Wildman–Crippen LogP) is 0.483. The van der Waals surface area contributed by atoms with E-state index in [0.29, 0.717) is 0 Å². The summed E-state index contributed by atoms with van der Waals surface area (Å²) in [6.45, 7) is 1.87. The van der Waals surface area contributed by atoms with E-state index in [1.807, 2.05) is 0 Å². The zero-order valence-electron chi connectivity index (χ0n) is 5.18. The average Bonchev–Trinajstić information content (AvgIpc) is 1.89. The predicted molar refractivity (Wildman–Crippen MR) is 38.3 cm³/mol. The number of rotatable bonds is 2. The Kier molecular flexibility index (Phi) is 5.14. The minimum absolute atomic E-state index is 0.116. The van der Waals surface area contributed by atoms with Crippen molar-refractivity contribution >= 4 is 18.6 Å². The number of carbonyl (C=O) groups excluding carboxylic acids is 1. The van der Waals surface area contributed by atoms with Crippen LogP contribution in [0.3, 0.4) is 0 Å². The molecule has 0 saturated carbocycles. The lowest BCUT2D eigenvalue weighted by atomic mass is 10.6. The maximum absolute atomic E-state index is 10.3. The first-order chi connectivity index (χ1) is 4.31. The Labute approximate surface area is 60.0 Å². The van der Waals surface area contributed by atoms with Gasteiger partial charge in [-0.3, -0.25) is 4.79 Å². The Morgan fingerprint density at radius 1 is 1.78 bits per heavy atom. The third-order valence-corrected chi connectivity index (χ3v) is 0.869. The lowest BCUT2D eigenvalue weighted by Gasteiger charge is -1.93. The van der Waals surface area contributed by atoms with Crippen LogP contribution in [0.1, 0.15) is 6.92 Å². The van der Waals surface area contributed by atoms with Crippen molar-refractivity contribution in [3.8, 4) is 11.8 Å². The van der Waals surface area contributed by atoms with Crippen LogP contribution >= 0.6 is 12.6 Å². The van der Waals surface area contributed by atoms with E-state index < -0.39 is 0 Å². The van der Waals surface area contributed by atoms with Crippen molar-refractivity contribution in [3.05, 3.63) is 0 Å². The van der Waals surface area contributed by atoms with Gasteiger partial charge in [0, 0.05) is 0 Å². The van der Waals surface area contributed by atoms with Gasteiger partial charge in [-0.25, -0.2) is 0 Å². The summed E-state index contributed by atoms with van der Waals surface area (Å²) in [6, 6.07) is 0. The molecule has 9 heavy (non-hydrogen) atoms. The molecule has 0 heterocycles. The van der Waals surface area contributed by atoms with Crippen LogP contribution in [0, 0.1) is 11.8 Å². The molecule has 0 radical (unpaired) electrons. The molecule has 0 amide bonds. The smallest absolute Gasteiger partial charge is 0.316 e. The van der Waals surface area contributed by atoms with Crippen LogP contribution in [-0.2, 0) is 9.53 Å². The summed E-state index contributed by atoms with van der Waals surface area (Å²) in [6.07, 6.45) is 0. The fourth-order valence-electron chi connectivity index (χ4n) is 0.234. The maximum Gasteiger partial charge on any atom is 0.316 e. The highest BCUT2D eigenvalue weighted by atomic mass is 32.1. The van der Waals surface area contributed by atoms with Gasteiger partial charge in [0.2, 0.25) is 0 Å². The standard InChI is InChI=1S/C6H8O2S/c1-2-3-4-8-6(7)5-9/h9H,4-5H2,1H3. The van der Waals surface area contributed by atoms with E-state index >= 15 is 0 Å². The van der Waals surface area contributed by atoms with Gasteiger partial charge < -0.3 is 4.74 Å². The van der Waals surface area contributed by atoms with E-state index in [2.05, 4.69) is 29.2 Å². The second-order valence-corrected chi connectivity index (χ2v) is 1.56. The van der Waals surface area contributed by atoms with Crippen LogP contribution in [0.4, 0.5) is 0 Å². The SMILES string of the molecule is CC#CCOC(=O)CS. The number of thiol groups is 1. The van der Waals surface area contributed by atoms with E-state index in [1.54, 1.807) is 6.92 Å². The second kappa shape index (κ2) is 5.52. The van der Waals surface area contributed by atoms with Gasteiger partial charge >= 0.3 is 5.97 Å². The monoisotopic (exact) mass is 144 g/mol.